The van der Waals surface area contributed by atoms with Crippen LogP contribution in [-0.2, 0) is 18.3 Å². The second-order valence-electron chi connectivity index (χ2n) is 10.1. The number of rotatable bonds is 7. The summed E-state index contributed by atoms with van der Waals surface area (Å²) in [6.07, 6.45) is 2.37. The summed E-state index contributed by atoms with van der Waals surface area (Å²) in [5.41, 5.74) is 2.37. The molecule has 0 N–H and O–H groups in total. The average Bonchev–Trinajstić information content (AvgIpc) is 3.27. The maximum Gasteiger partial charge on any atom is 0.270 e. The number of hydrogen-bond donors (Lipinski definition) is 0. The highest BCUT2D eigenvalue weighted by molar-refractivity contribution is 8.26. The summed E-state index contributed by atoms with van der Waals surface area (Å²) >= 11 is 6.79. The number of anilines is 2. The first-order valence-electron chi connectivity index (χ1n) is 13.5. The first kappa shape index (κ1) is 29.4. The molecule has 11 heteroatoms. The van der Waals surface area contributed by atoms with Crippen molar-refractivity contribution < 1.29 is 13.9 Å². The van der Waals surface area contributed by atoms with E-state index in [1.54, 1.807) is 44.2 Å². The molecule has 42 heavy (non-hydrogen) atoms. The Bertz CT molecular complexity index is 1670. The molecule has 0 unspecified atom stereocenters. The van der Waals surface area contributed by atoms with Crippen molar-refractivity contribution in [3.05, 3.63) is 91.9 Å². The number of ether oxygens (including phenoxy) is 1. The van der Waals surface area contributed by atoms with Crippen molar-refractivity contribution in [3.63, 3.8) is 0 Å². The van der Waals surface area contributed by atoms with Crippen molar-refractivity contribution in [3.8, 4) is 11.8 Å². The summed E-state index contributed by atoms with van der Waals surface area (Å²) < 4.78 is 21.6. The molecule has 2 aromatic carbocycles. The number of carbonyl (C=O) groups is 1. The summed E-state index contributed by atoms with van der Waals surface area (Å²) in [6.45, 7) is 4.29. The SMILES string of the molecule is COc1ccc(CCN2C(=O)/C(=C/c3c(C)c(C#N)c(=O)n(C)c3N3CCN(c4ccccc4F)CC3)SC2=S)cc1. The van der Waals surface area contributed by atoms with Crippen LogP contribution in [0.1, 0.15) is 22.3 Å². The Hall–Kier alpha value is -4.14. The van der Waals surface area contributed by atoms with Crippen LogP contribution in [-0.4, -0.2) is 59.5 Å². The molecule has 2 aliphatic rings. The first-order valence-corrected chi connectivity index (χ1v) is 14.7. The minimum absolute atomic E-state index is 0.0347. The van der Waals surface area contributed by atoms with Crippen LogP contribution in [0.3, 0.4) is 0 Å². The summed E-state index contributed by atoms with van der Waals surface area (Å²) in [7, 11) is 3.25. The summed E-state index contributed by atoms with van der Waals surface area (Å²) in [5, 5.41) is 9.80. The van der Waals surface area contributed by atoms with Crippen LogP contribution < -0.4 is 20.1 Å². The second kappa shape index (κ2) is 12.4. The Labute approximate surface area is 253 Å². The molecule has 0 atom stereocenters. The van der Waals surface area contributed by atoms with E-state index in [0.717, 1.165) is 11.3 Å². The number of benzene rings is 2. The van der Waals surface area contributed by atoms with Crippen LogP contribution in [0.5, 0.6) is 5.75 Å². The number of pyridine rings is 1. The van der Waals surface area contributed by atoms with Crippen molar-refractivity contribution in [1.29, 1.82) is 5.26 Å². The molecule has 1 aromatic heterocycles. The summed E-state index contributed by atoms with van der Waals surface area (Å²) in [6, 6.07) is 16.4. The molecule has 2 saturated heterocycles. The number of carbonyl (C=O) groups excluding carboxylic acids is 1. The monoisotopic (exact) mass is 603 g/mol. The van der Waals surface area contributed by atoms with Gasteiger partial charge in [0.25, 0.3) is 11.5 Å². The number of methoxy groups -OCH3 is 1. The lowest BCUT2D eigenvalue weighted by atomic mass is 10.0. The third kappa shape index (κ3) is 5.65. The number of para-hydroxylation sites is 1. The fourth-order valence-corrected chi connectivity index (χ4v) is 6.61. The molecular weight excluding hydrogens is 574 g/mol. The fraction of sp³-hybridized carbons (Fsp3) is 0.290. The Morgan fingerprint density at radius 3 is 2.38 bits per heavy atom. The number of piperazine rings is 1. The van der Waals surface area contributed by atoms with Crippen LogP contribution in [0.2, 0.25) is 0 Å². The zero-order valence-corrected chi connectivity index (χ0v) is 25.2. The van der Waals surface area contributed by atoms with Crippen molar-refractivity contribution >= 4 is 51.8 Å². The number of hydrogen-bond acceptors (Lipinski definition) is 8. The first-order chi connectivity index (χ1) is 20.2. The molecule has 3 heterocycles. The molecule has 5 rings (SSSR count). The van der Waals surface area contributed by atoms with Gasteiger partial charge in [0.05, 0.1) is 17.7 Å². The van der Waals surface area contributed by atoms with Gasteiger partial charge < -0.3 is 14.5 Å². The number of nitrogens with zero attached hydrogens (tertiary/aromatic N) is 5. The normalized spacial score (nSPS) is 16.4. The zero-order valence-electron chi connectivity index (χ0n) is 23.6. The predicted octanol–water partition coefficient (Wildman–Crippen LogP) is 4.48. The van der Waals surface area contributed by atoms with Crippen molar-refractivity contribution in [2.75, 3.05) is 49.6 Å². The van der Waals surface area contributed by atoms with Gasteiger partial charge in [0.15, 0.2) is 0 Å². The van der Waals surface area contributed by atoms with Gasteiger partial charge in [-0.3, -0.25) is 19.1 Å². The molecule has 2 fully saturated rings. The zero-order chi connectivity index (χ0) is 30.0. The highest BCUT2D eigenvalue weighted by Crippen LogP contribution is 2.36. The molecule has 0 radical (unpaired) electrons. The third-order valence-corrected chi connectivity index (χ3v) is 9.05. The number of nitriles is 1. The number of thioether (sulfide) groups is 1. The molecule has 0 saturated carbocycles. The molecule has 0 bridgehead atoms. The quantitative estimate of drug-likeness (QED) is 0.289. The maximum absolute atomic E-state index is 14.4. The van der Waals surface area contributed by atoms with Crippen molar-refractivity contribution in [2.45, 2.75) is 13.3 Å². The molecule has 1 amide bonds. The van der Waals surface area contributed by atoms with Crippen molar-refractivity contribution in [1.82, 2.24) is 9.47 Å². The van der Waals surface area contributed by atoms with Gasteiger partial charge >= 0.3 is 0 Å². The van der Waals surface area contributed by atoms with Gasteiger partial charge in [-0.15, -0.1) is 0 Å². The van der Waals surface area contributed by atoms with Gasteiger partial charge in [0, 0.05) is 45.3 Å². The van der Waals surface area contributed by atoms with E-state index in [1.807, 2.05) is 41.3 Å². The highest BCUT2D eigenvalue weighted by Gasteiger charge is 2.33. The number of aromatic nitrogens is 1. The molecule has 0 spiro atoms. The van der Waals surface area contributed by atoms with Crippen LogP contribution >= 0.6 is 24.0 Å². The second-order valence-corrected chi connectivity index (χ2v) is 11.7. The average molecular weight is 604 g/mol. The topological polar surface area (TPSA) is 81.8 Å². The summed E-state index contributed by atoms with van der Waals surface area (Å²) in [5.74, 6) is 0.900. The lowest BCUT2D eigenvalue weighted by molar-refractivity contribution is -0.122. The van der Waals surface area contributed by atoms with E-state index in [1.165, 1.54) is 22.4 Å². The Morgan fingerprint density at radius 1 is 1.07 bits per heavy atom. The van der Waals surface area contributed by atoms with E-state index in [4.69, 9.17) is 17.0 Å². The van der Waals surface area contributed by atoms with Gasteiger partial charge in [-0.1, -0.05) is 48.2 Å². The van der Waals surface area contributed by atoms with Gasteiger partial charge in [-0.2, -0.15) is 5.26 Å². The highest BCUT2D eigenvalue weighted by atomic mass is 32.2. The lowest BCUT2D eigenvalue weighted by Crippen LogP contribution is -2.48. The standard InChI is InChI=1S/C31H30FN5O3S2/c1-20-23(18-27-30(39)37(31(41)42-27)13-12-21-8-10-22(40-3)11-9-21)28(34(2)29(38)24(20)19-33)36-16-14-35(15-17-36)26-7-5-4-6-25(26)32/h4-11,18H,12-17H2,1-3H3/b27-18-. The maximum atomic E-state index is 14.4. The number of amides is 1. The number of halogens is 1. The lowest BCUT2D eigenvalue weighted by Gasteiger charge is -2.38. The van der Waals surface area contributed by atoms with Crippen LogP contribution in [0.15, 0.2) is 58.2 Å². The van der Waals surface area contributed by atoms with E-state index in [9.17, 15) is 19.2 Å². The predicted molar refractivity (Wildman–Crippen MR) is 169 cm³/mol. The smallest absolute Gasteiger partial charge is 0.270 e. The van der Waals surface area contributed by atoms with E-state index in [2.05, 4.69) is 4.90 Å². The molecular formula is C31H30FN5O3S2. The minimum Gasteiger partial charge on any atom is -0.497 e. The van der Waals surface area contributed by atoms with Gasteiger partial charge in [0.2, 0.25) is 0 Å². The molecule has 2 aliphatic heterocycles. The Balaban J connectivity index is 1.43. The molecule has 3 aromatic rings. The van der Waals surface area contributed by atoms with Gasteiger partial charge in [0.1, 0.15) is 33.3 Å². The van der Waals surface area contributed by atoms with Crippen LogP contribution in [0.4, 0.5) is 15.9 Å². The molecule has 0 aliphatic carbocycles. The van der Waals surface area contributed by atoms with E-state index < -0.39 is 5.56 Å². The van der Waals surface area contributed by atoms with Crippen LogP contribution in [0.25, 0.3) is 6.08 Å². The van der Waals surface area contributed by atoms with E-state index in [0.29, 0.717) is 71.0 Å². The Morgan fingerprint density at radius 2 is 1.74 bits per heavy atom. The van der Waals surface area contributed by atoms with E-state index >= 15 is 0 Å². The number of thiocarbonyl (C=S) groups is 1. The van der Waals surface area contributed by atoms with Gasteiger partial charge in [-0.05, 0) is 54.8 Å². The summed E-state index contributed by atoms with van der Waals surface area (Å²) in [4.78, 5) is 32.7. The van der Waals surface area contributed by atoms with Gasteiger partial charge in [-0.25, -0.2) is 4.39 Å². The van der Waals surface area contributed by atoms with Crippen LogP contribution in [0, 0.1) is 24.1 Å². The largest absolute Gasteiger partial charge is 0.497 e. The minimum atomic E-state index is -0.397. The molecule has 8 nitrogen and oxygen atoms in total. The van der Waals surface area contributed by atoms with Crippen molar-refractivity contribution in [2.24, 2.45) is 7.05 Å². The third-order valence-electron chi connectivity index (χ3n) is 7.67. The molecule has 216 valence electrons. The van der Waals surface area contributed by atoms with E-state index in [-0.39, 0.29) is 17.3 Å². The Kier molecular flexibility index (Phi) is 8.66. The fourth-order valence-electron chi connectivity index (χ4n) is 5.32.